The largest absolute Gasteiger partial charge is 0.415 e. The first kappa shape index (κ1) is 16.1. The molecule has 0 amide bonds. The van der Waals surface area contributed by atoms with Gasteiger partial charge in [-0.05, 0) is 18.1 Å². The van der Waals surface area contributed by atoms with Crippen LogP contribution in [-0.4, -0.2) is 39.5 Å². The molecule has 0 bridgehead atoms. The summed E-state index contributed by atoms with van der Waals surface area (Å²) in [4.78, 5) is 12.5. The number of nitrogens with zero attached hydrogens (tertiary/aromatic N) is 4. The van der Waals surface area contributed by atoms with Gasteiger partial charge in [0.15, 0.2) is 14.0 Å². The molecule has 0 saturated heterocycles. The quantitative estimate of drug-likeness (QED) is 0.858. The van der Waals surface area contributed by atoms with Gasteiger partial charge in [-0.2, -0.15) is 0 Å². The van der Waals surface area contributed by atoms with Crippen LogP contribution in [0.5, 0.6) is 0 Å². The summed E-state index contributed by atoms with van der Waals surface area (Å²) in [7, 11) is -1.76. The fourth-order valence-electron chi connectivity index (χ4n) is 1.89. The normalized spacial score (nSPS) is 13.0. The summed E-state index contributed by atoms with van der Waals surface area (Å²) < 4.78 is 8.09. The maximum atomic E-state index is 9.44. The lowest BCUT2D eigenvalue weighted by molar-refractivity contribution is 0.248. The molecule has 0 aromatic carbocycles. The van der Waals surface area contributed by atoms with Crippen molar-refractivity contribution in [3.8, 4) is 0 Å². The van der Waals surface area contributed by atoms with Gasteiger partial charge in [0.1, 0.15) is 24.3 Å². The maximum absolute atomic E-state index is 9.44. The molecule has 2 aromatic rings. The highest BCUT2D eigenvalue weighted by Gasteiger charge is 2.36. The number of rotatable bonds is 5. The summed E-state index contributed by atoms with van der Waals surface area (Å²) in [5.74, 6) is 0.601. The molecule has 0 atom stereocenters. The molecule has 6 nitrogen and oxygen atoms in total. The summed E-state index contributed by atoms with van der Waals surface area (Å²) in [5, 5.41) is 9.63. The molecule has 0 aliphatic heterocycles. The lowest BCUT2D eigenvalue weighted by atomic mass is 10.2. The van der Waals surface area contributed by atoms with Gasteiger partial charge in [-0.3, -0.25) is 0 Å². The molecule has 21 heavy (non-hydrogen) atoms. The second kappa shape index (κ2) is 5.82. The minimum absolute atomic E-state index is 0.115. The predicted octanol–water partition coefficient (Wildman–Crippen LogP) is 2.34. The molecule has 0 saturated carbocycles. The topological polar surface area (TPSA) is 73.1 Å². The highest BCUT2D eigenvalue weighted by Crippen LogP contribution is 2.36. The fourth-order valence-corrected chi connectivity index (χ4v) is 2.92. The highest BCUT2D eigenvalue weighted by molar-refractivity contribution is 6.74. The first-order valence-electron chi connectivity index (χ1n) is 7.16. The average Bonchev–Trinajstić information content (AvgIpc) is 2.75. The van der Waals surface area contributed by atoms with Crippen molar-refractivity contribution < 1.29 is 9.53 Å². The van der Waals surface area contributed by atoms with Crippen LogP contribution >= 0.6 is 0 Å². The lowest BCUT2D eigenvalue weighted by Crippen LogP contribution is -2.41. The second-order valence-corrected chi connectivity index (χ2v) is 11.5. The monoisotopic (exact) mass is 308 g/mol. The third kappa shape index (κ3) is 3.30. The Morgan fingerprint density at radius 3 is 2.67 bits per heavy atom. The number of aromatic nitrogens is 4. The number of hydrogen-bond donors (Lipinski definition) is 1. The number of fused-ring (bicyclic) bond motifs is 1. The Morgan fingerprint density at radius 1 is 1.33 bits per heavy atom. The first-order valence-corrected chi connectivity index (χ1v) is 10.1. The molecule has 0 aliphatic rings. The highest BCUT2D eigenvalue weighted by atomic mass is 28.4. The molecule has 0 spiro atoms. The number of aliphatic hydroxyl groups is 1. The first-order chi connectivity index (χ1) is 9.76. The molecule has 0 unspecified atom stereocenters. The standard InChI is InChI=1S/C14H24N4O2Si/c1-14(2,3)21(4,5)20-7-6-18-12(9-19)17-11-8-15-10-16-13(11)18/h8,10,19H,6-7,9H2,1-5H3. The zero-order valence-electron chi connectivity index (χ0n) is 13.4. The summed E-state index contributed by atoms with van der Waals surface area (Å²) in [6.45, 7) is 12.2. The van der Waals surface area contributed by atoms with Crippen LogP contribution in [0, 0.1) is 0 Å². The molecule has 7 heteroatoms. The van der Waals surface area contributed by atoms with Gasteiger partial charge < -0.3 is 14.1 Å². The molecular weight excluding hydrogens is 284 g/mol. The van der Waals surface area contributed by atoms with E-state index in [-0.39, 0.29) is 11.6 Å². The summed E-state index contributed by atoms with van der Waals surface area (Å²) >= 11 is 0. The predicted molar refractivity (Wildman–Crippen MR) is 84.4 cm³/mol. The Kier molecular flexibility index (Phi) is 4.45. The molecule has 2 aromatic heterocycles. The van der Waals surface area contributed by atoms with Crippen molar-refractivity contribution in [3.63, 3.8) is 0 Å². The molecule has 1 N–H and O–H groups in total. The molecule has 116 valence electrons. The lowest BCUT2D eigenvalue weighted by Gasteiger charge is -2.36. The van der Waals surface area contributed by atoms with Crippen LogP contribution in [0.25, 0.3) is 11.2 Å². The average molecular weight is 308 g/mol. The van der Waals surface area contributed by atoms with E-state index in [0.717, 1.165) is 5.65 Å². The van der Waals surface area contributed by atoms with Crippen LogP contribution in [0.2, 0.25) is 18.1 Å². The maximum Gasteiger partial charge on any atom is 0.192 e. The van der Waals surface area contributed by atoms with Gasteiger partial charge in [0.2, 0.25) is 0 Å². The Balaban J connectivity index is 2.14. The van der Waals surface area contributed by atoms with Crippen molar-refractivity contribution in [2.75, 3.05) is 6.61 Å². The minimum Gasteiger partial charge on any atom is -0.415 e. The van der Waals surface area contributed by atoms with Gasteiger partial charge in [0, 0.05) is 6.54 Å². The van der Waals surface area contributed by atoms with Crippen LogP contribution in [0.15, 0.2) is 12.5 Å². The number of hydrogen-bond acceptors (Lipinski definition) is 5. The fraction of sp³-hybridized carbons (Fsp3) is 0.643. The van der Waals surface area contributed by atoms with E-state index in [1.54, 1.807) is 6.20 Å². The van der Waals surface area contributed by atoms with E-state index in [9.17, 15) is 5.11 Å². The van der Waals surface area contributed by atoms with Crippen molar-refractivity contribution in [2.45, 2.75) is 52.1 Å². The zero-order valence-corrected chi connectivity index (χ0v) is 14.4. The summed E-state index contributed by atoms with van der Waals surface area (Å²) in [5.41, 5.74) is 1.45. The zero-order chi connectivity index (χ0) is 15.7. The number of aliphatic hydroxyl groups excluding tert-OH is 1. The van der Waals surface area contributed by atoms with Crippen molar-refractivity contribution in [2.24, 2.45) is 0 Å². The van der Waals surface area contributed by atoms with Crippen molar-refractivity contribution in [1.29, 1.82) is 0 Å². The van der Waals surface area contributed by atoms with Gasteiger partial charge in [-0.25, -0.2) is 15.0 Å². The van der Waals surface area contributed by atoms with Gasteiger partial charge in [0.25, 0.3) is 0 Å². The molecule has 0 fully saturated rings. The summed E-state index contributed by atoms with van der Waals surface area (Å²) in [6.07, 6.45) is 3.16. The molecule has 0 radical (unpaired) electrons. The van der Waals surface area contributed by atoms with Crippen molar-refractivity contribution in [3.05, 3.63) is 18.3 Å². The Morgan fingerprint density at radius 2 is 2.05 bits per heavy atom. The van der Waals surface area contributed by atoms with Gasteiger partial charge in [-0.15, -0.1) is 0 Å². The van der Waals surface area contributed by atoms with E-state index in [1.807, 2.05) is 4.57 Å². The van der Waals surface area contributed by atoms with E-state index < -0.39 is 8.32 Å². The Hall–Kier alpha value is -1.31. The smallest absolute Gasteiger partial charge is 0.192 e. The van der Waals surface area contributed by atoms with Gasteiger partial charge in [0.05, 0.1) is 12.8 Å². The van der Waals surface area contributed by atoms with Gasteiger partial charge in [-0.1, -0.05) is 20.8 Å². The van der Waals surface area contributed by atoms with Crippen LogP contribution in [0.1, 0.15) is 26.6 Å². The minimum atomic E-state index is -1.76. The van der Waals surface area contributed by atoms with E-state index >= 15 is 0 Å². The van der Waals surface area contributed by atoms with E-state index in [1.165, 1.54) is 6.33 Å². The molecule has 0 aliphatic carbocycles. The second-order valence-electron chi connectivity index (χ2n) is 6.68. The van der Waals surface area contributed by atoms with Crippen molar-refractivity contribution in [1.82, 2.24) is 19.5 Å². The van der Waals surface area contributed by atoms with Crippen LogP contribution in [0.3, 0.4) is 0 Å². The van der Waals surface area contributed by atoms with Crippen LogP contribution in [-0.2, 0) is 17.6 Å². The van der Waals surface area contributed by atoms with Gasteiger partial charge >= 0.3 is 0 Å². The van der Waals surface area contributed by atoms with Crippen LogP contribution in [0.4, 0.5) is 0 Å². The Bertz CT molecular complexity index is 619. The van der Waals surface area contributed by atoms with E-state index in [0.29, 0.717) is 24.5 Å². The van der Waals surface area contributed by atoms with E-state index in [2.05, 4.69) is 48.8 Å². The van der Waals surface area contributed by atoms with Crippen LogP contribution < -0.4 is 0 Å². The number of imidazole rings is 1. The third-order valence-corrected chi connectivity index (χ3v) is 8.75. The SMILES string of the molecule is CC(C)(C)[Si](C)(C)OCCn1c(CO)nc2cncnc21. The molecule has 2 heterocycles. The Labute approximate surface area is 126 Å². The summed E-state index contributed by atoms with van der Waals surface area (Å²) in [6, 6.07) is 0. The van der Waals surface area contributed by atoms with Crippen molar-refractivity contribution >= 4 is 19.5 Å². The van der Waals surface area contributed by atoms with E-state index in [4.69, 9.17) is 4.43 Å². The molecular formula is C14H24N4O2Si. The third-order valence-electron chi connectivity index (χ3n) is 4.21. The molecule has 2 rings (SSSR count).